The third-order valence-corrected chi connectivity index (χ3v) is 8.33. The lowest BCUT2D eigenvalue weighted by Gasteiger charge is -2.57. The molecule has 0 aromatic heterocycles. The molecular formula is C25H40O4. The van der Waals surface area contributed by atoms with E-state index in [1.54, 1.807) is 6.26 Å². The van der Waals surface area contributed by atoms with Gasteiger partial charge in [0.15, 0.2) is 0 Å². The normalized spacial score (nSPS) is 38.1. The maximum atomic E-state index is 11.9. The van der Waals surface area contributed by atoms with Crippen molar-refractivity contribution in [3.05, 3.63) is 11.8 Å². The van der Waals surface area contributed by atoms with Crippen LogP contribution in [0.1, 0.15) is 96.8 Å². The van der Waals surface area contributed by atoms with Crippen LogP contribution in [-0.4, -0.2) is 29.9 Å². The molecule has 4 aliphatic carbocycles. The minimum Gasteiger partial charge on any atom is -0.501 e. The molecule has 1 saturated heterocycles. The molecule has 0 amide bonds. The van der Waals surface area contributed by atoms with Crippen LogP contribution in [0.5, 0.6) is 0 Å². The number of hydrogen-bond donors (Lipinski definition) is 1. The lowest BCUT2D eigenvalue weighted by Crippen LogP contribution is -2.46. The van der Waals surface area contributed by atoms with Crippen LogP contribution in [0.4, 0.5) is 0 Å². The van der Waals surface area contributed by atoms with E-state index < -0.39 is 5.97 Å². The Kier molecular flexibility index (Phi) is 6.58. The van der Waals surface area contributed by atoms with Crippen molar-refractivity contribution in [3.8, 4) is 0 Å². The van der Waals surface area contributed by atoms with Gasteiger partial charge in [-0.2, -0.15) is 0 Å². The van der Waals surface area contributed by atoms with E-state index in [9.17, 15) is 9.90 Å². The van der Waals surface area contributed by atoms with E-state index in [1.807, 2.05) is 0 Å². The lowest BCUT2D eigenvalue weighted by molar-refractivity contribution is -0.157. The minimum atomic E-state index is -0.790. The molecule has 4 heteroatoms. The predicted octanol–water partition coefficient (Wildman–Crippen LogP) is 6.10. The molecule has 29 heavy (non-hydrogen) atoms. The lowest BCUT2D eigenvalue weighted by atomic mass is 9.48. The molecular weight excluding hydrogens is 364 g/mol. The van der Waals surface area contributed by atoms with Gasteiger partial charge in [-0.1, -0.05) is 19.8 Å². The third-order valence-electron chi connectivity index (χ3n) is 8.33. The van der Waals surface area contributed by atoms with Crippen molar-refractivity contribution in [2.45, 2.75) is 102 Å². The van der Waals surface area contributed by atoms with Gasteiger partial charge < -0.3 is 14.6 Å². The van der Waals surface area contributed by atoms with Crippen molar-refractivity contribution in [1.29, 1.82) is 0 Å². The van der Waals surface area contributed by atoms with Gasteiger partial charge in [0.05, 0.1) is 30.6 Å². The van der Waals surface area contributed by atoms with Crippen LogP contribution in [0.2, 0.25) is 0 Å². The highest BCUT2D eigenvalue weighted by Gasteiger charge is 2.51. The van der Waals surface area contributed by atoms with E-state index >= 15 is 0 Å². The molecule has 1 atom stereocenters. The maximum Gasteiger partial charge on any atom is 0.334 e. The zero-order valence-electron chi connectivity index (χ0n) is 18.3. The first kappa shape index (κ1) is 21.2. The second-order valence-electron chi connectivity index (χ2n) is 10.8. The van der Waals surface area contributed by atoms with Crippen LogP contribution in [0.15, 0.2) is 11.8 Å². The predicted molar refractivity (Wildman–Crippen MR) is 114 cm³/mol. The van der Waals surface area contributed by atoms with Gasteiger partial charge in [0.25, 0.3) is 0 Å². The summed E-state index contributed by atoms with van der Waals surface area (Å²) in [6.07, 6.45) is 18.2. The molecule has 4 saturated carbocycles. The molecule has 5 rings (SSSR count). The van der Waals surface area contributed by atoms with Crippen LogP contribution >= 0.6 is 0 Å². The molecule has 164 valence electrons. The summed E-state index contributed by atoms with van der Waals surface area (Å²) in [6, 6.07) is 0. The summed E-state index contributed by atoms with van der Waals surface area (Å²) >= 11 is 0. The Balaban J connectivity index is 1.22. The number of ether oxygens (including phenoxy) is 2. The highest BCUT2D eigenvalue weighted by Crippen LogP contribution is 2.62. The fourth-order valence-electron chi connectivity index (χ4n) is 7.28. The van der Waals surface area contributed by atoms with Gasteiger partial charge >= 0.3 is 5.97 Å². The second kappa shape index (κ2) is 8.99. The van der Waals surface area contributed by atoms with Crippen molar-refractivity contribution in [2.24, 2.45) is 23.2 Å². The van der Waals surface area contributed by atoms with Crippen LogP contribution in [0.25, 0.3) is 0 Å². The van der Waals surface area contributed by atoms with Crippen molar-refractivity contribution in [3.63, 3.8) is 0 Å². The van der Waals surface area contributed by atoms with Gasteiger partial charge in [0.1, 0.15) is 0 Å². The molecule has 1 N–H and O–H groups in total. The van der Waals surface area contributed by atoms with Crippen molar-refractivity contribution in [1.82, 2.24) is 0 Å². The number of aliphatic carboxylic acids is 1. The highest BCUT2D eigenvalue weighted by molar-refractivity contribution is 5.86. The van der Waals surface area contributed by atoms with E-state index in [-0.39, 0.29) is 11.0 Å². The van der Waals surface area contributed by atoms with Crippen LogP contribution in [0, 0.1) is 23.2 Å². The summed E-state index contributed by atoms with van der Waals surface area (Å²) in [5.41, 5.74) is 0.875. The SMILES string of the molecule is CCCCC1(CCCCOC=C(CC23CC4CC(CC(C4)C2)C3)C(=O)O)CCO1. The number of hydrogen-bond acceptors (Lipinski definition) is 3. The number of unbranched alkanes of at least 4 members (excludes halogenated alkanes) is 2. The molecule has 1 unspecified atom stereocenters. The smallest absolute Gasteiger partial charge is 0.334 e. The van der Waals surface area contributed by atoms with Gasteiger partial charge in [0, 0.05) is 0 Å². The van der Waals surface area contributed by atoms with Gasteiger partial charge in [-0.25, -0.2) is 4.79 Å². The standard InChI is InChI=1S/C25H40O4/c1-2-3-6-25(8-10-29-25)7-4-5-9-28-18-22(23(26)27)17-24-14-19-11-20(15-24)13-21(12-19)16-24/h18-21H,2-17H2,1H3,(H,26,27). The quantitative estimate of drug-likeness (QED) is 0.243. The molecule has 0 aromatic rings. The van der Waals surface area contributed by atoms with Gasteiger partial charge in [-0.15, -0.1) is 0 Å². The minimum absolute atomic E-state index is 0.135. The van der Waals surface area contributed by atoms with E-state index in [1.165, 1.54) is 64.2 Å². The Morgan fingerprint density at radius 2 is 1.69 bits per heavy atom. The molecule has 0 spiro atoms. The first-order chi connectivity index (χ1) is 14.0. The number of carboxylic acid groups (broad SMARTS) is 1. The summed E-state index contributed by atoms with van der Waals surface area (Å²) in [4.78, 5) is 11.9. The van der Waals surface area contributed by atoms with Gasteiger partial charge in [0.2, 0.25) is 0 Å². The summed E-state index contributed by atoms with van der Waals surface area (Å²) in [6.45, 7) is 3.76. The molecule has 1 heterocycles. The highest BCUT2D eigenvalue weighted by atomic mass is 16.5. The zero-order chi connectivity index (χ0) is 20.3. The largest absolute Gasteiger partial charge is 0.501 e. The Hall–Kier alpha value is -1.03. The van der Waals surface area contributed by atoms with Crippen LogP contribution in [-0.2, 0) is 14.3 Å². The molecule has 4 nitrogen and oxygen atoms in total. The van der Waals surface area contributed by atoms with E-state index in [0.29, 0.717) is 18.6 Å². The molecule has 1 aliphatic heterocycles. The van der Waals surface area contributed by atoms with E-state index in [4.69, 9.17) is 9.47 Å². The fraction of sp³-hybridized carbons (Fsp3) is 0.880. The van der Waals surface area contributed by atoms with Crippen molar-refractivity contribution in [2.75, 3.05) is 13.2 Å². The molecule has 0 aromatic carbocycles. The van der Waals surface area contributed by atoms with Crippen LogP contribution < -0.4 is 0 Å². The summed E-state index contributed by atoms with van der Waals surface area (Å²) < 4.78 is 11.6. The monoisotopic (exact) mass is 404 g/mol. The first-order valence-electron chi connectivity index (χ1n) is 12.2. The van der Waals surface area contributed by atoms with E-state index in [2.05, 4.69) is 6.92 Å². The van der Waals surface area contributed by atoms with E-state index in [0.717, 1.165) is 43.6 Å². The maximum absolute atomic E-state index is 11.9. The fourth-order valence-corrected chi connectivity index (χ4v) is 7.28. The first-order valence-corrected chi connectivity index (χ1v) is 12.2. The molecule has 0 radical (unpaired) electrons. The summed E-state index contributed by atoms with van der Waals surface area (Å²) in [5, 5.41) is 9.74. The molecule has 5 aliphatic rings. The van der Waals surface area contributed by atoms with Crippen LogP contribution in [0.3, 0.4) is 0 Å². The number of carboxylic acids is 1. The summed E-state index contributed by atoms with van der Waals surface area (Å²) in [5.74, 6) is 1.77. The average Bonchev–Trinajstić information content (AvgIpc) is 2.63. The Morgan fingerprint density at radius 1 is 1.07 bits per heavy atom. The molecule has 5 fully saturated rings. The summed E-state index contributed by atoms with van der Waals surface area (Å²) in [7, 11) is 0. The van der Waals surface area contributed by atoms with Gasteiger partial charge in [-0.3, -0.25) is 0 Å². The number of rotatable bonds is 12. The third kappa shape index (κ3) is 5.00. The van der Waals surface area contributed by atoms with Crippen molar-refractivity contribution >= 4 is 5.97 Å². The average molecular weight is 405 g/mol. The van der Waals surface area contributed by atoms with Crippen molar-refractivity contribution < 1.29 is 19.4 Å². The Morgan fingerprint density at radius 3 is 2.21 bits per heavy atom. The molecule has 4 bridgehead atoms. The Bertz CT molecular complexity index is 569. The van der Waals surface area contributed by atoms with Gasteiger partial charge in [-0.05, 0) is 100 Å². The number of carbonyl (C=O) groups is 1. The topological polar surface area (TPSA) is 55.8 Å². The second-order valence-corrected chi connectivity index (χ2v) is 10.8. The zero-order valence-corrected chi connectivity index (χ0v) is 18.3. The Labute approximate surface area is 176 Å².